The first-order valence-electron chi connectivity index (χ1n) is 10.9. The van der Waals surface area contributed by atoms with Gasteiger partial charge in [0, 0.05) is 29.6 Å². The molecule has 7 nitrogen and oxygen atoms in total. The number of aromatic nitrogens is 1. The number of anilines is 1. The minimum absolute atomic E-state index is 0.0271. The second kappa shape index (κ2) is 8.77. The van der Waals surface area contributed by atoms with Gasteiger partial charge in [0.1, 0.15) is 21.2 Å². The molecule has 2 N–H and O–H groups in total. The Morgan fingerprint density at radius 2 is 2.00 bits per heavy atom. The normalized spacial score (nSPS) is 15.1. The molecule has 1 unspecified atom stereocenters. The number of nitrogens with zero attached hydrogens (tertiary/aromatic N) is 1. The zero-order valence-corrected chi connectivity index (χ0v) is 19.5. The standard InChI is InChI=1S/C25H21F2N3O4S/c1-14-18-10-7-16(33-24-20(26)5-3-11-29-24)13-22(18)34-25(31)19(14)12-15-4-2-6-21(23(15)27)30-35(28,32)17-8-9-17/h2-7,10-11,13,17H,8-9,12H2,1H3,(H2,28,30,32). The van der Waals surface area contributed by atoms with Crippen LogP contribution in [-0.4, -0.2) is 14.4 Å². The van der Waals surface area contributed by atoms with Crippen molar-refractivity contribution in [3.63, 3.8) is 0 Å². The number of hydrogen-bond acceptors (Lipinski definition) is 6. The first-order valence-corrected chi connectivity index (χ1v) is 12.5. The number of ether oxygens (including phenoxy) is 1. The Balaban J connectivity index is 1.46. The largest absolute Gasteiger partial charge is 0.436 e. The predicted molar refractivity (Wildman–Crippen MR) is 128 cm³/mol. The molecule has 2 heterocycles. The highest BCUT2D eigenvalue weighted by atomic mass is 32.2. The number of fused-ring (bicyclic) bond motifs is 1. The van der Waals surface area contributed by atoms with Crippen molar-refractivity contribution in [2.75, 3.05) is 4.72 Å². The maximum atomic E-state index is 15.2. The molecule has 0 bridgehead atoms. The predicted octanol–water partition coefficient (Wildman–Crippen LogP) is 5.69. The topological polar surface area (TPSA) is 105 Å². The Morgan fingerprint density at radius 1 is 1.20 bits per heavy atom. The van der Waals surface area contributed by atoms with Crippen LogP contribution in [0.1, 0.15) is 29.5 Å². The number of hydrogen-bond donors (Lipinski definition) is 2. The van der Waals surface area contributed by atoms with Gasteiger partial charge in [-0.1, -0.05) is 12.1 Å². The lowest BCUT2D eigenvalue weighted by Crippen LogP contribution is -2.17. The molecule has 0 saturated heterocycles. The number of benzene rings is 2. The van der Waals surface area contributed by atoms with Crippen LogP contribution < -0.4 is 15.1 Å². The Labute approximate surface area is 199 Å². The zero-order valence-electron chi connectivity index (χ0n) is 18.6. The van der Waals surface area contributed by atoms with Gasteiger partial charge >= 0.3 is 5.63 Å². The minimum atomic E-state index is -3.14. The molecule has 10 heteroatoms. The van der Waals surface area contributed by atoms with Crippen molar-refractivity contribution in [1.29, 1.82) is 4.78 Å². The number of rotatable bonds is 7. The van der Waals surface area contributed by atoms with E-state index >= 15 is 4.39 Å². The Hall–Kier alpha value is -3.79. The van der Waals surface area contributed by atoms with E-state index in [-0.39, 0.29) is 45.7 Å². The quantitative estimate of drug-likeness (QED) is 0.319. The smallest absolute Gasteiger partial charge is 0.340 e. The third-order valence-corrected chi connectivity index (χ3v) is 7.83. The molecule has 35 heavy (non-hydrogen) atoms. The van der Waals surface area contributed by atoms with Gasteiger partial charge in [0.05, 0.1) is 10.9 Å². The molecule has 0 aliphatic heterocycles. The van der Waals surface area contributed by atoms with Gasteiger partial charge in [0.2, 0.25) is 0 Å². The Bertz CT molecular complexity index is 1620. The number of halogens is 2. The van der Waals surface area contributed by atoms with E-state index in [4.69, 9.17) is 13.9 Å². The van der Waals surface area contributed by atoms with Crippen molar-refractivity contribution in [1.82, 2.24) is 4.98 Å². The summed E-state index contributed by atoms with van der Waals surface area (Å²) in [6, 6.07) is 11.9. The average Bonchev–Trinajstić information content (AvgIpc) is 3.67. The summed E-state index contributed by atoms with van der Waals surface area (Å²) in [6.45, 7) is 1.73. The summed E-state index contributed by atoms with van der Waals surface area (Å²) in [6.07, 6.45) is 2.70. The Morgan fingerprint density at radius 3 is 2.74 bits per heavy atom. The maximum absolute atomic E-state index is 15.2. The van der Waals surface area contributed by atoms with Crippen LogP contribution in [0.3, 0.4) is 0 Å². The molecular weight excluding hydrogens is 476 g/mol. The molecule has 0 amide bonds. The van der Waals surface area contributed by atoms with Crippen LogP contribution in [0.5, 0.6) is 11.6 Å². The lowest BCUT2D eigenvalue weighted by molar-refractivity contribution is 0.422. The third-order valence-electron chi connectivity index (χ3n) is 5.90. The van der Waals surface area contributed by atoms with Crippen molar-refractivity contribution in [3.05, 3.63) is 93.5 Å². The minimum Gasteiger partial charge on any atom is -0.436 e. The first-order chi connectivity index (χ1) is 16.7. The van der Waals surface area contributed by atoms with Crippen LogP contribution in [0.15, 0.2) is 63.9 Å². The monoisotopic (exact) mass is 497 g/mol. The van der Waals surface area contributed by atoms with E-state index < -0.39 is 27.2 Å². The second-order valence-corrected chi connectivity index (χ2v) is 10.5. The molecule has 5 rings (SSSR count). The van der Waals surface area contributed by atoms with Crippen LogP contribution >= 0.6 is 0 Å². The van der Waals surface area contributed by atoms with Gasteiger partial charge in [0.25, 0.3) is 5.88 Å². The van der Waals surface area contributed by atoms with Crippen LogP contribution in [0.4, 0.5) is 14.5 Å². The van der Waals surface area contributed by atoms with E-state index in [9.17, 15) is 13.4 Å². The van der Waals surface area contributed by atoms with Crippen LogP contribution in [0, 0.1) is 23.3 Å². The number of pyridine rings is 1. The first kappa shape index (κ1) is 23.0. The molecule has 2 aromatic carbocycles. The number of nitrogens with one attached hydrogen (secondary N) is 2. The summed E-state index contributed by atoms with van der Waals surface area (Å²) < 4.78 is 62.9. The van der Waals surface area contributed by atoms with Gasteiger partial charge in [0.15, 0.2) is 11.6 Å². The van der Waals surface area contributed by atoms with Crippen molar-refractivity contribution < 1.29 is 22.1 Å². The van der Waals surface area contributed by atoms with Crippen LogP contribution in [0.2, 0.25) is 0 Å². The van der Waals surface area contributed by atoms with Gasteiger partial charge in [-0.05, 0) is 61.2 Å². The van der Waals surface area contributed by atoms with Gasteiger partial charge in [-0.2, -0.15) is 0 Å². The zero-order chi connectivity index (χ0) is 24.7. The second-order valence-electron chi connectivity index (χ2n) is 8.40. The molecule has 1 aliphatic carbocycles. The van der Waals surface area contributed by atoms with Gasteiger partial charge in [-0.3, -0.25) is 4.72 Å². The van der Waals surface area contributed by atoms with E-state index in [0.717, 1.165) is 0 Å². The molecule has 1 aliphatic rings. The molecular formula is C25H21F2N3O4S. The molecule has 4 aromatic rings. The van der Waals surface area contributed by atoms with E-state index in [1.54, 1.807) is 25.1 Å². The molecule has 0 spiro atoms. The summed E-state index contributed by atoms with van der Waals surface area (Å²) >= 11 is 0. The van der Waals surface area contributed by atoms with E-state index in [1.165, 1.54) is 36.5 Å². The summed E-state index contributed by atoms with van der Waals surface area (Å²) in [5.74, 6) is -1.25. The fourth-order valence-corrected chi connectivity index (χ4v) is 5.28. The summed E-state index contributed by atoms with van der Waals surface area (Å²) in [7, 11) is -3.14. The van der Waals surface area contributed by atoms with Crippen LogP contribution in [0.25, 0.3) is 11.0 Å². The Kier molecular flexibility index (Phi) is 5.76. The summed E-state index contributed by atoms with van der Waals surface area (Å²) in [5, 5.41) is 0.342. The van der Waals surface area contributed by atoms with E-state index in [2.05, 4.69) is 9.71 Å². The highest BCUT2D eigenvalue weighted by Gasteiger charge is 2.33. The molecule has 1 atom stereocenters. The van der Waals surface area contributed by atoms with Crippen molar-refractivity contribution in [3.8, 4) is 11.6 Å². The molecule has 2 aromatic heterocycles. The molecule has 0 radical (unpaired) electrons. The summed E-state index contributed by atoms with van der Waals surface area (Å²) in [4.78, 5) is 16.7. The van der Waals surface area contributed by atoms with Gasteiger partial charge < -0.3 is 9.15 Å². The average molecular weight is 498 g/mol. The number of aryl methyl sites for hydroxylation is 1. The van der Waals surface area contributed by atoms with Crippen molar-refractivity contribution >= 4 is 26.6 Å². The maximum Gasteiger partial charge on any atom is 0.340 e. The molecule has 180 valence electrons. The van der Waals surface area contributed by atoms with E-state index in [0.29, 0.717) is 23.8 Å². The fourth-order valence-electron chi connectivity index (χ4n) is 3.83. The van der Waals surface area contributed by atoms with E-state index in [1.807, 2.05) is 0 Å². The fraction of sp³-hybridized carbons (Fsp3) is 0.200. The molecule has 1 saturated carbocycles. The third kappa shape index (κ3) is 4.61. The van der Waals surface area contributed by atoms with Crippen molar-refractivity contribution in [2.45, 2.75) is 31.4 Å². The SMILES string of the molecule is Cc1c(Cc2cccc(NS(=N)(=O)C3CC3)c2F)c(=O)oc2cc(Oc3ncccc3F)ccc12. The highest BCUT2D eigenvalue weighted by Crippen LogP contribution is 2.32. The molecule has 1 fully saturated rings. The highest BCUT2D eigenvalue weighted by molar-refractivity contribution is 7.94. The van der Waals surface area contributed by atoms with Gasteiger partial charge in [-0.25, -0.2) is 27.5 Å². The lowest BCUT2D eigenvalue weighted by Gasteiger charge is -2.14. The van der Waals surface area contributed by atoms with Gasteiger partial charge in [-0.15, -0.1) is 0 Å². The lowest BCUT2D eigenvalue weighted by atomic mass is 9.99. The summed E-state index contributed by atoms with van der Waals surface area (Å²) in [5.41, 5.74) is 0.649. The van der Waals surface area contributed by atoms with Crippen LogP contribution in [-0.2, 0) is 16.3 Å². The van der Waals surface area contributed by atoms with Crippen molar-refractivity contribution in [2.24, 2.45) is 0 Å².